The topological polar surface area (TPSA) is 32.8 Å². The van der Waals surface area contributed by atoms with Crippen LogP contribution < -0.4 is 0 Å². The molecule has 0 radical (unpaired) electrons. The Labute approximate surface area is 97.5 Å². The first-order valence-electron chi connectivity index (χ1n) is 6.12. The van der Waals surface area contributed by atoms with Crippen molar-refractivity contribution in [2.75, 3.05) is 19.6 Å². The highest BCUT2D eigenvalue weighted by atomic mass is 16.6. The summed E-state index contributed by atoms with van der Waals surface area (Å²) in [4.78, 5) is 15.8. The molecule has 2 aliphatic heterocycles. The van der Waals surface area contributed by atoms with Gasteiger partial charge in [0.15, 0.2) is 0 Å². The largest absolute Gasteiger partial charge is 0.443 e. The standard InChI is InChI=1S/C12H22N2O2/c1-9(2)14-8-10(16-11(14)15)7-13-6-5-12(13,3)4/h9-10H,5-8H2,1-4H3. The van der Waals surface area contributed by atoms with Crippen molar-refractivity contribution in [3.8, 4) is 0 Å². The van der Waals surface area contributed by atoms with Crippen molar-refractivity contribution in [2.45, 2.75) is 51.8 Å². The average Bonchev–Trinajstić information content (AvgIpc) is 2.55. The maximum absolute atomic E-state index is 11.6. The smallest absolute Gasteiger partial charge is 0.410 e. The minimum atomic E-state index is -0.154. The molecule has 16 heavy (non-hydrogen) atoms. The van der Waals surface area contributed by atoms with Crippen molar-refractivity contribution in [1.82, 2.24) is 9.80 Å². The van der Waals surface area contributed by atoms with E-state index >= 15 is 0 Å². The molecule has 0 aromatic rings. The number of ether oxygens (including phenoxy) is 1. The van der Waals surface area contributed by atoms with E-state index < -0.39 is 0 Å². The molecule has 0 aliphatic carbocycles. The van der Waals surface area contributed by atoms with Gasteiger partial charge in [0.2, 0.25) is 0 Å². The van der Waals surface area contributed by atoms with Gasteiger partial charge in [-0.1, -0.05) is 0 Å². The molecule has 1 unspecified atom stereocenters. The second-order valence-corrected chi connectivity index (χ2v) is 5.76. The molecule has 4 nitrogen and oxygen atoms in total. The molecule has 4 heteroatoms. The Morgan fingerprint density at radius 3 is 2.56 bits per heavy atom. The predicted octanol–water partition coefficient (Wildman–Crippen LogP) is 1.70. The summed E-state index contributed by atoms with van der Waals surface area (Å²) in [6, 6.07) is 0.238. The first kappa shape index (κ1) is 11.7. The summed E-state index contributed by atoms with van der Waals surface area (Å²) >= 11 is 0. The fraction of sp³-hybridized carbons (Fsp3) is 0.917. The molecule has 0 spiro atoms. The van der Waals surface area contributed by atoms with Gasteiger partial charge in [0.05, 0.1) is 6.54 Å². The normalized spacial score (nSPS) is 29.4. The number of likely N-dealkylation sites (tertiary alicyclic amines) is 1. The number of nitrogens with zero attached hydrogens (tertiary/aromatic N) is 2. The van der Waals surface area contributed by atoms with E-state index in [1.807, 2.05) is 13.8 Å². The highest BCUT2D eigenvalue weighted by molar-refractivity contribution is 5.70. The first-order chi connectivity index (χ1) is 7.40. The van der Waals surface area contributed by atoms with Gasteiger partial charge in [-0.2, -0.15) is 0 Å². The highest BCUT2D eigenvalue weighted by Gasteiger charge is 2.40. The summed E-state index contributed by atoms with van der Waals surface area (Å²) in [5, 5.41) is 0. The van der Waals surface area contributed by atoms with E-state index in [0.717, 1.165) is 19.6 Å². The van der Waals surface area contributed by atoms with E-state index in [0.29, 0.717) is 0 Å². The summed E-state index contributed by atoms with van der Waals surface area (Å²) in [5.41, 5.74) is 0.289. The van der Waals surface area contributed by atoms with Crippen LogP contribution >= 0.6 is 0 Å². The van der Waals surface area contributed by atoms with Gasteiger partial charge in [0.1, 0.15) is 6.10 Å². The van der Waals surface area contributed by atoms with Crippen molar-refractivity contribution >= 4 is 6.09 Å². The highest BCUT2D eigenvalue weighted by Crippen LogP contribution is 2.30. The SMILES string of the molecule is CC(C)N1CC(CN2CCC2(C)C)OC1=O. The van der Waals surface area contributed by atoms with E-state index in [-0.39, 0.29) is 23.8 Å². The third-order valence-corrected chi connectivity index (χ3v) is 3.80. The van der Waals surface area contributed by atoms with Gasteiger partial charge in [-0.25, -0.2) is 4.79 Å². The second-order valence-electron chi connectivity index (χ2n) is 5.76. The van der Waals surface area contributed by atoms with Crippen LogP contribution in [0, 0.1) is 0 Å². The summed E-state index contributed by atoms with van der Waals surface area (Å²) in [7, 11) is 0. The molecule has 0 aromatic carbocycles. The Hall–Kier alpha value is -0.770. The summed E-state index contributed by atoms with van der Waals surface area (Å²) in [6.45, 7) is 11.3. The maximum atomic E-state index is 11.6. The number of hydrogen-bond donors (Lipinski definition) is 0. The molecule has 0 saturated carbocycles. The van der Waals surface area contributed by atoms with E-state index in [1.165, 1.54) is 6.42 Å². The molecule has 2 fully saturated rings. The summed E-state index contributed by atoms with van der Waals surface area (Å²) < 4.78 is 5.38. The van der Waals surface area contributed by atoms with Crippen LogP contribution in [0.1, 0.15) is 34.1 Å². The molecule has 2 heterocycles. The van der Waals surface area contributed by atoms with Gasteiger partial charge >= 0.3 is 6.09 Å². The Morgan fingerprint density at radius 2 is 2.19 bits per heavy atom. The lowest BCUT2D eigenvalue weighted by molar-refractivity contribution is -0.0148. The molecule has 0 bridgehead atoms. The van der Waals surface area contributed by atoms with Crippen molar-refractivity contribution in [1.29, 1.82) is 0 Å². The van der Waals surface area contributed by atoms with E-state index in [2.05, 4.69) is 18.7 Å². The fourth-order valence-corrected chi connectivity index (χ4v) is 2.36. The monoisotopic (exact) mass is 226 g/mol. The average molecular weight is 226 g/mol. The van der Waals surface area contributed by atoms with Crippen molar-refractivity contribution < 1.29 is 9.53 Å². The minimum absolute atomic E-state index is 0.0504. The van der Waals surface area contributed by atoms with E-state index in [9.17, 15) is 4.79 Å². The molecule has 2 aliphatic rings. The van der Waals surface area contributed by atoms with Crippen LogP contribution in [0.3, 0.4) is 0 Å². The number of carbonyl (C=O) groups is 1. The van der Waals surface area contributed by atoms with Crippen LogP contribution in [0.2, 0.25) is 0 Å². The first-order valence-corrected chi connectivity index (χ1v) is 6.12. The van der Waals surface area contributed by atoms with E-state index in [1.54, 1.807) is 4.90 Å². The van der Waals surface area contributed by atoms with Crippen LogP contribution in [-0.4, -0.2) is 53.2 Å². The Morgan fingerprint density at radius 1 is 1.50 bits per heavy atom. The molecule has 0 aromatic heterocycles. The van der Waals surface area contributed by atoms with Gasteiger partial charge in [0.25, 0.3) is 0 Å². The van der Waals surface area contributed by atoms with Gasteiger partial charge in [-0.3, -0.25) is 4.90 Å². The molecular formula is C12H22N2O2. The lowest BCUT2D eigenvalue weighted by Gasteiger charge is -2.49. The molecule has 1 amide bonds. The zero-order valence-corrected chi connectivity index (χ0v) is 10.7. The van der Waals surface area contributed by atoms with Crippen LogP contribution in [0.4, 0.5) is 4.79 Å². The minimum Gasteiger partial charge on any atom is -0.443 e. The quantitative estimate of drug-likeness (QED) is 0.734. The predicted molar refractivity (Wildman–Crippen MR) is 62.4 cm³/mol. The Bertz CT molecular complexity index is 289. The third-order valence-electron chi connectivity index (χ3n) is 3.80. The van der Waals surface area contributed by atoms with Crippen LogP contribution in [0.25, 0.3) is 0 Å². The number of amides is 1. The van der Waals surface area contributed by atoms with E-state index in [4.69, 9.17) is 4.74 Å². The third kappa shape index (κ3) is 2.03. The summed E-state index contributed by atoms with van der Waals surface area (Å²) in [5.74, 6) is 0. The number of hydrogen-bond acceptors (Lipinski definition) is 3. The van der Waals surface area contributed by atoms with Crippen LogP contribution in [0.15, 0.2) is 0 Å². The van der Waals surface area contributed by atoms with Gasteiger partial charge in [0, 0.05) is 24.7 Å². The lowest BCUT2D eigenvalue weighted by Crippen LogP contribution is -2.58. The molecular weight excluding hydrogens is 204 g/mol. The number of cyclic esters (lactones) is 1. The lowest BCUT2D eigenvalue weighted by atomic mass is 9.88. The van der Waals surface area contributed by atoms with Crippen LogP contribution in [-0.2, 0) is 4.74 Å². The van der Waals surface area contributed by atoms with Gasteiger partial charge in [-0.05, 0) is 34.1 Å². The maximum Gasteiger partial charge on any atom is 0.410 e. The number of rotatable bonds is 3. The molecule has 92 valence electrons. The van der Waals surface area contributed by atoms with Crippen molar-refractivity contribution in [3.05, 3.63) is 0 Å². The zero-order valence-electron chi connectivity index (χ0n) is 10.7. The zero-order chi connectivity index (χ0) is 11.9. The summed E-state index contributed by atoms with van der Waals surface area (Å²) in [6.07, 6.45) is 1.13. The number of carbonyl (C=O) groups excluding carboxylic acids is 1. The second kappa shape index (κ2) is 3.91. The van der Waals surface area contributed by atoms with Gasteiger partial charge < -0.3 is 9.64 Å². The van der Waals surface area contributed by atoms with Crippen molar-refractivity contribution in [3.63, 3.8) is 0 Å². The van der Waals surface area contributed by atoms with Crippen LogP contribution in [0.5, 0.6) is 0 Å². The van der Waals surface area contributed by atoms with Crippen molar-refractivity contribution in [2.24, 2.45) is 0 Å². The molecule has 1 atom stereocenters. The molecule has 0 N–H and O–H groups in total. The molecule has 2 saturated heterocycles. The Balaban J connectivity index is 1.87. The fourth-order valence-electron chi connectivity index (χ4n) is 2.36. The van der Waals surface area contributed by atoms with Gasteiger partial charge in [-0.15, -0.1) is 0 Å². The molecule has 2 rings (SSSR count). The Kier molecular flexibility index (Phi) is 2.86.